The number of nitrogens with two attached hydrogens (primary N) is 2. The van der Waals surface area contributed by atoms with Crippen LogP contribution in [-0.2, 0) is 31.6 Å². The van der Waals surface area contributed by atoms with Gasteiger partial charge >= 0.3 is 23.2 Å². The number of aliphatic hydroxyl groups is 2. The van der Waals surface area contributed by atoms with Crippen molar-refractivity contribution in [3.05, 3.63) is 12.7 Å². The van der Waals surface area contributed by atoms with E-state index < -0.39 is 60.5 Å². The zero-order chi connectivity index (χ0) is 25.3. The Balaban J connectivity index is 1.64. The monoisotopic (exact) mass is 548 g/mol. The van der Waals surface area contributed by atoms with E-state index in [1.54, 1.807) is 0 Å². The summed E-state index contributed by atoms with van der Waals surface area (Å²) in [6.45, 7) is -0.923. The van der Waals surface area contributed by atoms with Crippen molar-refractivity contribution >= 4 is 40.2 Å². The second kappa shape index (κ2) is 10.3. The summed E-state index contributed by atoms with van der Waals surface area (Å²) < 4.78 is 55.0. The van der Waals surface area contributed by atoms with Crippen molar-refractivity contribution in [3.8, 4) is 0 Å². The van der Waals surface area contributed by atoms with E-state index in [-0.39, 0.29) is 29.9 Å². The van der Waals surface area contributed by atoms with Gasteiger partial charge in [0, 0.05) is 0 Å². The molecule has 21 heteroatoms. The van der Waals surface area contributed by atoms with E-state index >= 15 is 0 Å². The molecule has 34 heavy (non-hydrogen) atoms. The van der Waals surface area contributed by atoms with Crippen LogP contribution in [0.2, 0.25) is 0 Å². The summed E-state index contributed by atoms with van der Waals surface area (Å²) in [6.07, 6.45) is -4.18. The van der Waals surface area contributed by atoms with Crippen LogP contribution in [0, 0.1) is 0 Å². The number of phosphoric acid groups is 2. The minimum atomic E-state index is -5.53. The second-order valence-electron chi connectivity index (χ2n) is 7.03. The van der Waals surface area contributed by atoms with Crippen molar-refractivity contribution in [3.63, 3.8) is 0 Å². The zero-order valence-corrected chi connectivity index (χ0v) is 19.9. The van der Waals surface area contributed by atoms with E-state index in [9.17, 15) is 38.6 Å². The molecule has 9 N–H and O–H groups in total. The highest BCUT2D eigenvalue weighted by atomic mass is 31.3. The first kappa shape index (κ1) is 27.2. The molecule has 0 aromatic carbocycles. The highest BCUT2D eigenvalue weighted by Gasteiger charge is 2.47. The number of hydrogen-bond donors (Lipinski definition) is 7. The zero-order valence-electron chi connectivity index (χ0n) is 17.2. The van der Waals surface area contributed by atoms with E-state index in [0.29, 0.717) is 0 Å². The molecule has 2 aromatic heterocycles. The lowest BCUT2D eigenvalue weighted by Gasteiger charge is -2.20. The Morgan fingerprint density at radius 1 is 1.06 bits per heavy atom. The van der Waals surface area contributed by atoms with Crippen LogP contribution in [0.4, 0.5) is 5.82 Å². The molecular formula is C13H23N6O12P3. The van der Waals surface area contributed by atoms with Gasteiger partial charge < -0.3 is 41.1 Å². The number of imidazole rings is 1. The molecule has 0 bridgehead atoms. The van der Waals surface area contributed by atoms with Gasteiger partial charge in [0.05, 0.1) is 19.1 Å². The molecule has 7 atom stereocenters. The Morgan fingerprint density at radius 3 is 2.44 bits per heavy atom. The fourth-order valence-corrected chi connectivity index (χ4v) is 7.14. The summed E-state index contributed by atoms with van der Waals surface area (Å²) in [6, 6.07) is 0. The molecular weight excluding hydrogens is 525 g/mol. The van der Waals surface area contributed by atoms with Gasteiger partial charge in [0.15, 0.2) is 17.7 Å². The summed E-state index contributed by atoms with van der Waals surface area (Å²) in [5.74, 6) is 0.0566. The predicted octanol–water partition coefficient (Wildman–Crippen LogP) is -1.19. The van der Waals surface area contributed by atoms with Crippen LogP contribution in [0.25, 0.3) is 11.2 Å². The van der Waals surface area contributed by atoms with E-state index in [1.165, 1.54) is 10.9 Å². The van der Waals surface area contributed by atoms with Crippen molar-refractivity contribution in [1.29, 1.82) is 0 Å². The van der Waals surface area contributed by atoms with Crippen molar-refractivity contribution in [2.45, 2.75) is 31.0 Å². The number of nitrogen functional groups attached to an aromatic ring is 1. The standard InChI is InChI=1S/C13H23N6O12P3/c14-2-1-3-32(22,23)30-34(26,27)31-33(24,25)28-4-7-9(20)10(21)13(29-7)19-6-18-8-11(15)16-5-17-12(8)19/h5-7,9-10,13,20-21H,1-4,14H2,(H,22,23)(H,24,25)(H,26,27)(H2,15,16,17)/t7-,9-,10-,13-/m1/s1. The van der Waals surface area contributed by atoms with Gasteiger partial charge in [-0.25, -0.2) is 28.4 Å². The Morgan fingerprint density at radius 2 is 1.76 bits per heavy atom. The molecule has 0 aliphatic carbocycles. The Kier molecular flexibility index (Phi) is 8.27. The quantitative estimate of drug-likeness (QED) is 0.162. The number of fused-ring (bicyclic) bond motifs is 1. The molecule has 2 aromatic rings. The maximum Gasteiger partial charge on any atom is 0.488 e. The molecule has 0 radical (unpaired) electrons. The second-order valence-corrected chi connectivity index (χ2v) is 12.2. The molecule has 1 aliphatic heterocycles. The first-order valence-electron chi connectivity index (χ1n) is 9.44. The normalized spacial score (nSPS) is 28.4. The Bertz CT molecular complexity index is 1160. The highest BCUT2D eigenvalue weighted by Crippen LogP contribution is 2.67. The molecule has 192 valence electrons. The predicted molar refractivity (Wildman–Crippen MR) is 112 cm³/mol. The van der Waals surface area contributed by atoms with Crippen LogP contribution in [0.1, 0.15) is 12.6 Å². The number of aliphatic hydroxyl groups excluding tert-OH is 2. The third-order valence-corrected chi connectivity index (χ3v) is 9.34. The fraction of sp³-hybridized carbons (Fsp3) is 0.615. The molecule has 0 amide bonds. The van der Waals surface area contributed by atoms with Gasteiger partial charge in [-0.05, 0) is 13.0 Å². The summed E-state index contributed by atoms with van der Waals surface area (Å²) in [5, 5.41) is 20.6. The molecule has 1 saturated heterocycles. The fourth-order valence-electron chi connectivity index (χ4n) is 2.98. The lowest BCUT2D eigenvalue weighted by atomic mass is 10.1. The number of rotatable bonds is 11. The largest absolute Gasteiger partial charge is 0.488 e. The van der Waals surface area contributed by atoms with Gasteiger partial charge in [0.25, 0.3) is 0 Å². The van der Waals surface area contributed by atoms with Gasteiger partial charge in [-0.3, -0.25) is 13.7 Å². The number of phosphoric ester groups is 1. The summed E-state index contributed by atoms with van der Waals surface area (Å²) >= 11 is 0. The Labute approximate surface area is 191 Å². The van der Waals surface area contributed by atoms with Gasteiger partial charge in [-0.15, -0.1) is 0 Å². The van der Waals surface area contributed by atoms with E-state index in [1.807, 2.05) is 0 Å². The van der Waals surface area contributed by atoms with Crippen molar-refractivity contribution in [2.75, 3.05) is 25.0 Å². The first-order chi connectivity index (χ1) is 15.8. The van der Waals surface area contributed by atoms with Crippen LogP contribution in [0.5, 0.6) is 0 Å². The SMILES string of the molecule is NCCCP(=O)(O)OP(=O)(O)OP(=O)(O)OC[C@H]1O[C@@H](n2cnc3c(N)ncnc32)[C@H](O)[C@@H]1O. The molecule has 3 heterocycles. The van der Waals surface area contributed by atoms with Crippen LogP contribution >= 0.6 is 23.2 Å². The summed E-state index contributed by atoms with van der Waals surface area (Å²) in [7, 11) is -15.6. The van der Waals surface area contributed by atoms with E-state index in [2.05, 4.69) is 28.1 Å². The third-order valence-electron chi connectivity index (χ3n) is 4.48. The van der Waals surface area contributed by atoms with Gasteiger partial charge in [0.1, 0.15) is 30.2 Å². The first-order valence-corrected chi connectivity index (χ1v) is 14.2. The maximum absolute atomic E-state index is 12.1. The van der Waals surface area contributed by atoms with Gasteiger partial charge in [0.2, 0.25) is 0 Å². The number of hydrogen-bond acceptors (Lipinski definition) is 14. The molecule has 0 saturated carbocycles. The highest BCUT2D eigenvalue weighted by molar-refractivity contribution is 7.68. The third kappa shape index (κ3) is 6.44. The van der Waals surface area contributed by atoms with Crippen LogP contribution in [0.3, 0.4) is 0 Å². The van der Waals surface area contributed by atoms with Crippen LogP contribution in [-0.4, -0.2) is 82.0 Å². The number of nitrogens with zero attached hydrogens (tertiary/aromatic N) is 4. The van der Waals surface area contributed by atoms with Crippen molar-refractivity contribution < 1.29 is 56.5 Å². The number of aromatic nitrogens is 4. The topological polar surface area (TPSA) is 285 Å². The van der Waals surface area contributed by atoms with Gasteiger partial charge in [-0.2, -0.15) is 4.31 Å². The average molecular weight is 548 g/mol. The average Bonchev–Trinajstić information content (AvgIpc) is 3.26. The van der Waals surface area contributed by atoms with Crippen LogP contribution < -0.4 is 11.5 Å². The minimum Gasteiger partial charge on any atom is -0.387 e. The lowest BCUT2D eigenvalue weighted by Crippen LogP contribution is -2.33. The van der Waals surface area contributed by atoms with Gasteiger partial charge in [-0.1, -0.05) is 0 Å². The maximum atomic E-state index is 12.1. The molecule has 3 unspecified atom stereocenters. The number of ether oxygens (including phenoxy) is 1. The lowest BCUT2D eigenvalue weighted by molar-refractivity contribution is -0.0503. The molecule has 3 rings (SSSR count). The van der Waals surface area contributed by atoms with Crippen molar-refractivity contribution in [1.82, 2.24) is 19.5 Å². The Hall–Kier alpha value is -1.36. The van der Waals surface area contributed by atoms with E-state index in [4.69, 9.17) is 16.2 Å². The summed E-state index contributed by atoms with van der Waals surface area (Å²) in [4.78, 5) is 40.5. The van der Waals surface area contributed by atoms with Crippen molar-refractivity contribution in [2.24, 2.45) is 5.73 Å². The number of anilines is 1. The minimum absolute atomic E-state index is 0.0160. The molecule has 1 fully saturated rings. The smallest absolute Gasteiger partial charge is 0.387 e. The van der Waals surface area contributed by atoms with E-state index in [0.717, 1.165) is 6.33 Å². The molecule has 18 nitrogen and oxygen atoms in total. The van der Waals surface area contributed by atoms with Crippen LogP contribution in [0.15, 0.2) is 12.7 Å². The molecule has 0 spiro atoms. The molecule has 1 aliphatic rings. The summed E-state index contributed by atoms with van der Waals surface area (Å²) in [5.41, 5.74) is 11.2.